The van der Waals surface area contributed by atoms with Gasteiger partial charge in [0.05, 0.1) is 17.2 Å². The van der Waals surface area contributed by atoms with Crippen LogP contribution in [-0.4, -0.2) is 78.0 Å². The monoisotopic (exact) mass is 470 g/mol. The van der Waals surface area contributed by atoms with E-state index in [4.69, 9.17) is 0 Å². The molecule has 0 unspecified atom stereocenters. The number of aryl methyl sites for hydroxylation is 3. The van der Waals surface area contributed by atoms with Crippen LogP contribution in [0.3, 0.4) is 0 Å². The van der Waals surface area contributed by atoms with Crippen LogP contribution in [0.15, 0.2) is 17.5 Å². The first kappa shape index (κ1) is 21.4. The van der Waals surface area contributed by atoms with Gasteiger partial charge in [-0.05, 0) is 20.8 Å². The maximum absolute atomic E-state index is 14.4. The summed E-state index contributed by atoms with van der Waals surface area (Å²) in [6.07, 6.45) is 5.42. The Balaban J connectivity index is 1.27. The van der Waals surface area contributed by atoms with E-state index in [0.29, 0.717) is 50.2 Å². The maximum Gasteiger partial charge on any atom is 0.341 e. The van der Waals surface area contributed by atoms with Crippen molar-refractivity contribution in [2.24, 2.45) is 5.10 Å². The summed E-state index contributed by atoms with van der Waals surface area (Å²) in [4.78, 5) is 35.0. The number of anilines is 1. The third-order valence-corrected chi connectivity index (χ3v) is 6.63. The normalized spacial score (nSPS) is 18.4. The Morgan fingerprint density at radius 1 is 1.09 bits per heavy atom. The number of urea groups is 1. The smallest absolute Gasteiger partial charge is 0.337 e. The standard InChI is InChI=1S/C20H23FN10OS/c1-12-25-13(2)30(27-12)18-15(21)10-23-19(26-18)28-6-8-29(9-7-28)20(32)31-16(4-5-24-31)17-11-22-14(3)33-17/h5,10-11,16H,4,6-9H2,1-3H3/t16-/m0/s1. The lowest BCUT2D eigenvalue weighted by Crippen LogP contribution is -2.52. The highest BCUT2D eigenvalue weighted by Gasteiger charge is 2.34. The van der Waals surface area contributed by atoms with Crippen molar-refractivity contribution in [3.63, 3.8) is 0 Å². The van der Waals surface area contributed by atoms with Crippen LogP contribution in [0.1, 0.15) is 34.0 Å². The lowest BCUT2D eigenvalue weighted by atomic mass is 10.2. The topological polar surface area (TPSA) is 109 Å². The summed E-state index contributed by atoms with van der Waals surface area (Å²) in [6, 6.07) is -0.243. The van der Waals surface area contributed by atoms with E-state index in [0.717, 1.165) is 16.1 Å². The number of piperazine rings is 1. The molecular weight excluding hydrogens is 447 g/mol. The molecular formula is C20H23FN10OS. The van der Waals surface area contributed by atoms with Crippen molar-refractivity contribution in [2.75, 3.05) is 31.1 Å². The van der Waals surface area contributed by atoms with Crippen LogP contribution < -0.4 is 4.90 Å². The van der Waals surface area contributed by atoms with Gasteiger partial charge >= 0.3 is 6.03 Å². The van der Waals surface area contributed by atoms with Crippen molar-refractivity contribution >= 4 is 29.5 Å². The average Bonchev–Trinajstić information content (AvgIpc) is 3.53. The Morgan fingerprint density at radius 2 is 1.88 bits per heavy atom. The summed E-state index contributed by atoms with van der Waals surface area (Å²) in [5.41, 5.74) is 0. The molecule has 1 atom stereocenters. The molecule has 0 N–H and O–H groups in total. The van der Waals surface area contributed by atoms with E-state index < -0.39 is 5.82 Å². The predicted octanol–water partition coefficient (Wildman–Crippen LogP) is 2.25. The molecule has 2 aliphatic rings. The first-order valence-electron chi connectivity index (χ1n) is 10.6. The highest BCUT2D eigenvalue weighted by atomic mass is 32.1. The van der Waals surface area contributed by atoms with E-state index in [1.165, 1.54) is 4.68 Å². The van der Waals surface area contributed by atoms with Crippen molar-refractivity contribution in [1.82, 2.24) is 39.6 Å². The number of carbonyl (C=O) groups excluding carboxylic acids is 1. The van der Waals surface area contributed by atoms with Crippen LogP contribution in [0.25, 0.3) is 5.82 Å². The van der Waals surface area contributed by atoms with E-state index in [-0.39, 0.29) is 17.9 Å². The molecule has 13 heteroatoms. The van der Waals surface area contributed by atoms with Crippen molar-refractivity contribution in [3.05, 3.63) is 39.7 Å². The van der Waals surface area contributed by atoms with Crippen molar-refractivity contribution < 1.29 is 9.18 Å². The van der Waals surface area contributed by atoms with Gasteiger partial charge in [-0.25, -0.2) is 29.1 Å². The number of hydrogen-bond acceptors (Lipinski definition) is 9. The lowest BCUT2D eigenvalue weighted by molar-refractivity contribution is 0.140. The highest BCUT2D eigenvalue weighted by Crippen LogP contribution is 2.32. The third kappa shape index (κ3) is 4.03. The summed E-state index contributed by atoms with van der Waals surface area (Å²) in [5.74, 6) is 0.963. The van der Waals surface area contributed by atoms with Gasteiger partial charge in [0.25, 0.3) is 0 Å². The molecule has 0 aromatic carbocycles. The first-order valence-corrected chi connectivity index (χ1v) is 11.4. The largest absolute Gasteiger partial charge is 0.341 e. The lowest BCUT2D eigenvalue weighted by Gasteiger charge is -2.36. The Hall–Kier alpha value is -3.48. The third-order valence-electron chi connectivity index (χ3n) is 5.61. The van der Waals surface area contributed by atoms with Gasteiger partial charge in [-0.15, -0.1) is 16.4 Å². The molecule has 0 aliphatic carbocycles. The molecule has 3 aromatic rings. The predicted molar refractivity (Wildman–Crippen MR) is 120 cm³/mol. The Morgan fingerprint density at radius 3 is 2.55 bits per heavy atom. The first-order chi connectivity index (χ1) is 15.9. The summed E-state index contributed by atoms with van der Waals surface area (Å²) < 4.78 is 15.8. The van der Waals surface area contributed by atoms with E-state index in [1.807, 2.05) is 18.0 Å². The van der Waals surface area contributed by atoms with Gasteiger partial charge < -0.3 is 9.80 Å². The molecule has 3 aromatic heterocycles. The van der Waals surface area contributed by atoms with Gasteiger partial charge in [0, 0.05) is 49.9 Å². The molecule has 33 heavy (non-hydrogen) atoms. The molecule has 0 bridgehead atoms. The summed E-state index contributed by atoms with van der Waals surface area (Å²) >= 11 is 1.58. The fraction of sp³-hybridized carbons (Fsp3) is 0.450. The Kier molecular flexibility index (Phi) is 5.48. The molecule has 5 heterocycles. The fourth-order valence-electron chi connectivity index (χ4n) is 3.98. The van der Waals surface area contributed by atoms with Gasteiger partial charge in [-0.2, -0.15) is 14.8 Å². The average molecular weight is 471 g/mol. The van der Waals surface area contributed by atoms with Crippen LogP contribution in [0, 0.1) is 26.6 Å². The Bertz CT molecular complexity index is 1220. The van der Waals surface area contributed by atoms with Crippen molar-refractivity contribution in [3.8, 4) is 5.82 Å². The number of carbonyl (C=O) groups is 1. The van der Waals surface area contributed by atoms with Gasteiger partial charge in [0.1, 0.15) is 11.6 Å². The molecule has 2 amide bonds. The molecule has 0 radical (unpaired) electrons. The zero-order valence-corrected chi connectivity index (χ0v) is 19.3. The number of nitrogens with zero attached hydrogens (tertiary/aromatic N) is 10. The van der Waals surface area contributed by atoms with Crippen molar-refractivity contribution in [1.29, 1.82) is 0 Å². The van der Waals surface area contributed by atoms with Crippen LogP contribution in [-0.2, 0) is 0 Å². The second-order valence-electron chi connectivity index (χ2n) is 7.89. The van der Waals surface area contributed by atoms with Gasteiger partial charge in [0.2, 0.25) is 5.95 Å². The highest BCUT2D eigenvalue weighted by molar-refractivity contribution is 7.11. The number of aromatic nitrogens is 6. The SMILES string of the molecule is Cc1nc(C)n(-c2nc(N3CCN(C(=O)N4N=CC[C@H]4c4cnc(C)s4)CC3)ncc2F)n1. The zero-order chi connectivity index (χ0) is 23.1. The summed E-state index contributed by atoms with van der Waals surface area (Å²) in [7, 11) is 0. The molecule has 2 aliphatic heterocycles. The quantitative estimate of drug-likeness (QED) is 0.578. The molecule has 5 rings (SSSR count). The van der Waals surface area contributed by atoms with E-state index in [2.05, 4.69) is 30.1 Å². The summed E-state index contributed by atoms with van der Waals surface area (Å²) in [6.45, 7) is 7.44. The van der Waals surface area contributed by atoms with Gasteiger partial charge in [0.15, 0.2) is 11.6 Å². The number of amides is 2. The molecule has 1 saturated heterocycles. The molecule has 11 nitrogen and oxygen atoms in total. The molecule has 1 fully saturated rings. The fourth-order valence-corrected chi connectivity index (χ4v) is 4.86. The van der Waals surface area contributed by atoms with Gasteiger partial charge in [-0.3, -0.25) is 0 Å². The van der Waals surface area contributed by atoms with E-state index in [9.17, 15) is 9.18 Å². The number of thiazole rings is 1. The van der Waals surface area contributed by atoms with Crippen LogP contribution in [0.5, 0.6) is 0 Å². The number of hydrazone groups is 1. The van der Waals surface area contributed by atoms with Crippen LogP contribution in [0.4, 0.5) is 15.1 Å². The van der Waals surface area contributed by atoms with E-state index in [1.54, 1.807) is 41.3 Å². The minimum Gasteiger partial charge on any atom is -0.337 e. The second-order valence-corrected chi connectivity index (χ2v) is 9.16. The summed E-state index contributed by atoms with van der Waals surface area (Å²) in [5, 5.41) is 11.1. The maximum atomic E-state index is 14.4. The van der Waals surface area contributed by atoms with Gasteiger partial charge in [-0.1, -0.05) is 0 Å². The molecule has 172 valence electrons. The number of hydrogen-bond donors (Lipinski definition) is 0. The van der Waals surface area contributed by atoms with E-state index >= 15 is 0 Å². The second kappa shape index (κ2) is 8.46. The van der Waals surface area contributed by atoms with Crippen LogP contribution in [0.2, 0.25) is 0 Å². The molecule has 0 saturated carbocycles. The minimum absolute atomic E-state index is 0.0608. The number of halogens is 1. The zero-order valence-electron chi connectivity index (χ0n) is 18.5. The minimum atomic E-state index is -0.572. The molecule has 0 spiro atoms. The Labute approximate surface area is 193 Å². The van der Waals surface area contributed by atoms with Crippen LogP contribution >= 0.6 is 11.3 Å². The number of rotatable bonds is 3. The van der Waals surface area contributed by atoms with Crippen molar-refractivity contribution in [2.45, 2.75) is 33.2 Å².